The second-order valence-corrected chi connectivity index (χ2v) is 7.01. The Bertz CT molecular complexity index is 411. The predicted molar refractivity (Wildman–Crippen MR) is 77.9 cm³/mol. The number of benzene rings is 1. The Morgan fingerprint density at radius 2 is 1.89 bits per heavy atom. The summed E-state index contributed by atoms with van der Waals surface area (Å²) in [5, 5.41) is 0.343. The van der Waals surface area contributed by atoms with E-state index in [1.54, 1.807) is 0 Å². The van der Waals surface area contributed by atoms with Gasteiger partial charge in [0.25, 0.3) is 0 Å². The molecule has 1 aromatic carbocycles. The van der Waals surface area contributed by atoms with Gasteiger partial charge in [-0.25, -0.2) is 0 Å². The molecule has 0 bridgehead atoms. The van der Waals surface area contributed by atoms with Gasteiger partial charge in [0.05, 0.1) is 12.7 Å². The summed E-state index contributed by atoms with van der Waals surface area (Å²) in [6, 6.07) is 8.36. The van der Waals surface area contributed by atoms with Crippen molar-refractivity contribution in [1.29, 1.82) is 0 Å². The zero-order valence-corrected chi connectivity index (χ0v) is 12.7. The molecule has 18 heavy (non-hydrogen) atoms. The van der Waals surface area contributed by atoms with Crippen LogP contribution in [0.4, 0.5) is 0 Å². The van der Waals surface area contributed by atoms with Crippen molar-refractivity contribution >= 4 is 27.5 Å². The summed E-state index contributed by atoms with van der Waals surface area (Å²) in [6.07, 6.45) is 6.56. The minimum atomic E-state index is 0.302. The van der Waals surface area contributed by atoms with Gasteiger partial charge in [0, 0.05) is 15.3 Å². The Morgan fingerprint density at radius 3 is 2.50 bits per heavy atom. The lowest BCUT2D eigenvalue weighted by molar-refractivity contribution is -0.112. The monoisotopic (exact) mass is 328 g/mol. The van der Waals surface area contributed by atoms with Crippen LogP contribution >= 0.6 is 27.5 Å². The molecule has 3 rings (SSSR count). The second-order valence-electron chi connectivity index (χ2n) is 5.57. The summed E-state index contributed by atoms with van der Waals surface area (Å²) in [5.74, 6) is 0. The van der Waals surface area contributed by atoms with E-state index in [4.69, 9.17) is 16.3 Å². The molecule has 0 aliphatic heterocycles. The Hall–Kier alpha value is -0.0500. The largest absolute Gasteiger partial charge is 0.373 e. The van der Waals surface area contributed by atoms with Gasteiger partial charge in [-0.15, -0.1) is 11.6 Å². The standard InChI is InChI=1S/C15H18BrClO/c16-12-5-3-11(4-6-12)10-18-14-9-13(17)15(14)7-1-2-8-15/h3-6,13-14H,1-2,7-10H2. The van der Waals surface area contributed by atoms with Gasteiger partial charge in [-0.3, -0.25) is 0 Å². The number of halogens is 2. The molecule has 1 aromatic rings. The van der Waals surface area contributed by atoms with Crippen LogP contribution < -0.4 is 0 Å². The summed E-state index contributed by atoms with van der Waals surface area (Å²) in [7, 11) is 0. The average molecular weight is 330 g/mol. The Morgan fingerprint density at radius 1 is 1.22 bits per heavy atom. The molecule has 2 aliphatic rings. The van der Waals surface area contributed by atoms with Gasteiger partial charge in [-0.2, -0.15) is 0 Å². The molecule has 1 spiro atoms. The van der Waals surface area contributed by atoms with E-state index < -0.39 is 0 Å². The molecule has 2 saturated carbocycles. The summed E-state index contributed by atoms with van der Waals surface area (Å²) in [4.78, 5) is 0. The van der Waals surface area contributed by atoms with Gasteiger partial charge in [0.15, 0.2) is 0 Å². The van der Waals surface area contributed by atoms with E-state index in [1.165, 1.54) is 31.2 Å². The van der Waals surface area contributed by atoms with E-state index in [9.17, 15) is 0 Å². The fourth-order valence-electron chi connectivity index (χ4n) is 3.38. The molecule has 98 valence electrons. The maximum absolute atomic E-state index is 6.42. The lowest BCUT2D eigenvalue weighted by Gasteiger charge is -2.51. The average Bonchev–Trinajstić information content (AvgIpc) is 2.88. The van der Waals surface area contributed by atoms with Gasteiger partial charge in [-0.05, 0) is 37.0 Å². The highest BCUT2D eigenvalue weighted by Gasteiger charge is 2.55. The quantitative estimate of drug-likeness (QED) is 0.716. The van der Waals surface area contributed by atoms with Crippen molar-refractivity contribution in [3.63, 3.8) is 0 Å². The van der Waals surface area contributed by atoms with Crippen LogP contribution in [-0.2, 0) is 11.3 Å². The molecule has 0 saturated heterocycles. The van der Waals surface area contributed by atoms with E-state index in [-0.39, 0.29) is 0 Å². The van der Waals surface area contributed by atoms with Gasteiger partial charge < -0.3 is 4.74 Å². The third-order valence-corrected chi connectivity index (χ3v) is 5.73. The van der Waals surface area contributed by atoms with E-state index in [2.05, 4.69) is 40.2 Å². The molecule has 1 nitrogen and oxygen atoms in total. The SMILES string of the molecule is ClC1CC(OCc2ccc(Br)cc2)C12CCCC2. The van der Waals surface area contributed by atoms with Gasteiger partial charge >= 0.3 is 0 Å². The van der Waals surface area contributed by atoms with Crippen molar-refractivity contribution in [3.8, 4) is 0 Å². The number of alkyl halides is 1. The van der Waals surface area contributed by atoms with E-state index in [0.717, 1.165) is 10.9 Å². The van der Waals surface area contributed by atoms with Crippen LogP contribution in [-0.4, -0.2) is 11.5 Å². The highest BCUT2D eigenvalue weighted by Crippen LogP contribution is 2.57. The minimum Gasteiger partial charge on any atom is -0.373 e. The normalized spacial score (nSPS) is 29.4. The van der Waals surface area contributed by atoms with E-state index in [0.29, 0.717) is 23.5 Å². The zero-order chi connectivity index (χ0) is 12.6. The first-order valence-electron chi connectivity index (χ1n) is 6.71. The zero-order valence-electron chi connectivity index (χ0n) is 10.4. The van der Waals surface area contributed by atoms with Crippen LogP contribution in [0.1, 0.15) is 37.7 Å². The first kappa shape index (κ1) is 13.0. The van der Waals surface area contributed by atoms with Crippen molar-refractivity contribution in [2.75, 3.05) is 0 Å². The summed E-state index contributed by atoms with van der Waals surface area (Å²) in [6.45, 7) is 0.712. The molecule has 0 radical (unpaired) electrons. The summed E-state index contributed by atoms with van der Waals surface area (Å²) < 4.78 is 7.23. The molecule has 0 heterocycles. The van der Waals surface area contributed by atoms with Gasteiger partial charge in [-0.1, -0.05) is 40.9 Å². The molecular formula is C15H18BrClO. The summed E-state index contributed by atoms with van der Waals surface area (Å²) in [5.41, 5.74) is 1.54. The lowest BCUT2D eigenvalue weighted by Crippen LogP contribution is -2.54. The molecular weight excluding hydrogens is 312 g/mol. The van der Waals surface area contributed by atoms with Crippen molar-refractivity contribution < 1.29 is 4.74 Å². The molecule has 0 N–H and O–H groups in total. The third-order valence-electron chi connectivity index (χ3n) is 4.58. The highest BCUT2D eigenvalue weighted by molar-refractivity contribution is 9.10. The molecule has 2 atom stereocenters. The smallest absolute Gasteiger partial charge is 0.0720 e. The Labute approximate surface area is 122 Å². The van der Waals surface area contributed by atoms with Crippen LogP contribution in [0.2, 0.25) is 0 Å². The minimum absolute atomic E-state index is 0.302. The van der Waals surface area contributed by atoms with Crippen LogP contribution in [0.5, 0.6) is 0 Å². The molecule has 2 unspecified atom stereocenters. The topological polar surface area (TPSA) is 9.23 Å². The molecule has 2 fully saturated rings. The van der Waals surface area contributed by atoms with Crippen LogP contribution in [0.3, 0.4) is 0 Å². The van der Waals surface area contributed by atoms with Crippen LogP contribution in [0, 0.1) is 5.41 Å². The second kappa shape index (κ2) is 5.15. The number of ether oxygens (including phenoxy) is 1. The first-order valence-corrected chi connectivity index (χ1v) is 7.94. The van der Waals surface area contributed by atoms with Crippen molar-refractivity contribution in [2.45, 2.75) is 50.2 Å². The lowest BCUT2D eigenvalue weighted by atomic mass is 9.64. The Kier molecular flexibility index (Phi) is 3.70. The van der Waals surface area contributed by atoms with Crippen molar-refractivity contribution in [1.82, 2.24) is 0 Å². The Balaban J connectivity index is 1.59. The van der Waals surface area contributed by atoms with E-state index in [1.807, 2.05) is 0 Å². The molecule has 3 heteroatoms. The van der Waals surface area contributed by atoms with Crippen LogP contribution in [0.25, 0.3) is 0 Å². The fraction of sp³-hybridized carbons (Fsp3) is 0.600. The maximum Gasteiger partial charge on any atom is 0.0720 e. The van der Waals surface area contributed by atoms with E-state index >= 15 is 0 Å². The van der Waals surface area contributed by atoms with Gasteiger partial charge in [0.2, 0.25) is 0 Å². The molecule has 0 aromatic heterocycles. The van der Waals surface area contributed by atoms with Crippen molar-refractivity contribution in [3.05, 3.63) is 34.3 Å². The third kappa shape index (κ3) is 2.23. The highest BCUT2D eigenvalue weighted by atomic mass is 79.9. The number of hydrogen-bond acceptors (Lipinski definition) is 1. The molecule has 0 amide bonds. The predicted octanol–water partition coefficient (Wildman–Crippen LogP) is 4.91. The van der Waals surface area contributed by atoms with Crippen LogP contribution in [0.15, 0.2) is 28.7 Å². The number of rotatable bonds is 3. The number of hydrogen-bond donors (Lipinski definition) is 0. The molecule has 2 aliphatic carbocycles. The fourth-order valence-corrected chi connectivity index (χ4v) is 4.16. The maximum atomic E-state index is 6.42. The van der Waals surface area contributed by atoms with Crippen molar-refractivity contribution in [2.24, 2.45) is 5.41 Å². The van der Waals surface area contributed by atoms with Gasteiger partial charge in [0.1, 0.15) is 0 Å². The summed E-state index contributed by atoms with van der Waals surface area (Å²) >= 11 is 9.87. The first-order chi connectivity index (χ1) is 8.71.